The van der Waals surface area contributed by atoms with Crippen molar-refractivity contribution in [3.05, 3.63) is 0 Å². The molecule has 0 radical (unpaired) electrons. The van der Waals surface area contributed by atoms with E-state index in [1.807, 2.05) is 21.0 Å². The summed E-state index contributed by atoms with van der Waals surface area (Å²) in [6.45, 7) is 5.01. The van der Waals surface area contributed by atoms with Crippen LogP contribution >= 0.6 is 0 Å². The zero-order chi connectivity index (χ0) is 15.0. The number of rotatable bonds is 12. The van der Waals surface area contributed by atoms with Gasteiger partial charge in [-0.2, -0.15) is 0 Å². The van der Waals surface area contributed by atoms with Crippen LogP contribution in [-0.2, 0) is 10.0 Å². The molecule has 1 rings (SSSR count). The first-order chi connectivity index (χ1) is 9.45. The Bertz CT molecular complexity index is 353. The number of sulfonamides is 1. The van der Waals surface area contributed by atoms with Crippen LogP contribution in [0.2, 0.25) is 0 Å². The molecule has 0 unspecified atom stereocenters. The van der Waals surface area contributed by atoms with Gasteiger partial charge in [-0.3, -0.25) is 0 Å². The highest BCUT2D eigenvalue weighted by molar-refractivity contribution is 7.89. The van der Waals surface area contributed by atoms with Crippen molar-refractivity contribution >= 4 is 10.0 Å². The van der Waals surface area contributed by atoms with Crippen LogP contribution in [0.15, 0.2) is 0 Å². The Labute approximate surface area is 124 Å². The van der Waals surface area contributed by atoms with Crippen molar-refractivity contribution in [2.45, 2.75) is 45.1 Å². The molecule has 120 valence electrons. The fraction of sp³-hybridized carbons (Fsp3) is 1.00. The summed E-state index contributed by atoms with van der Waals surface area (Å²) >= 11 is 0. The number of unbranched alkanes of at least 4 members (excludes halogenated alkanes) is 1. The maximum absolute atomic E-state index is 12.2. The van der Waals surface area contributed by atoms with Gasteiger partial charge in [0.2, 0.25) is 10.0 Å². The highest BCUT2D eigenvalue weighted by Gasteiger charge is 2.21. The summed E-state index contributed by atoms with van der Waals surface area (Å²) in [5.41, 5.74) is 0. The van der Waals surface area contributed by atoms with Gasteiger partial charge in [0.25, 0.3) is 0 Å². The molecule has 5 nitrogen and oxygen atoms in total. The maximum Gasteiger partial charge on any atom is 0.214 e. The van der Waals surface area contributed by atoms with E-state index in [-0.39, 0.29) is 5.75 Å². The predicted octanol–water partition coefficient (Wildman–Crippen LogP) is 1.12. The second kappa shape index (κ2) is 8.97. The zero-order valence-electron chi connectivity index (χ0n) is 13.3. The van der Waals surface area contributed by atoms with Gasteiger partial charge in [-0.05, 0) is 59.3 Å². The molecule has 0 amide bonds. The zero-order valence-corrected chi connectivity index (χ0v) is 14.1. The largest absolute Gasteiger partial charge is 0.314 e. The molecule has 0 aromatic carbocycles. The lowest BCUT2D eigenvalue weighted by atomic mass is 10.3. The first kappa shape index (κ1) is 17.9. The standard InChI is InChI=1S/C14H31N3O2S/c1-4-17(12-7-11-16(2)3)20(18,19)13-6-5-10-15-14-8-9-14/h14-15H,4-13H2,1-3H3. The summed E-state index contributed by atoms with van der Waals surface area (Å²) in [5.74, 6) is 0.287. The van der Waals surface area contributed by atoms with Crippen LogP contribution in [0.25, 0.3) is 0 Å². The number of hydrogen-bond acceptors (Lipinski definition) is 4. The van der Waals surface area contributed by atoms with Crippen LogP contribution in [0, 0.1) is 0 Å². The molecule has 0 spiro atoms. The monoisotopic (exact) mass is 305 g/mol. The maximum atomic E-state index is 12.2. The van der Waals surface area contributed by atoms with Crippen molar-refractivity contribution in [1.29, 1.82) is 0 Å². The molecule has 1 aliphatic carbocycles. The van der Waals surface area contributed by atoms with E-state index in [4.69, 9.17) is 0 Å². The summed E-state index contributed by atoms with van der Waals surface area (Å²) in [6, 6.07) is 0.713. The molecule has 0 aromatic rings. The second-order valence-corrected chi connectivity index (χ2v) is 7.99. The van der Waals surface area contributed by atoms with Crippen LogP contribution in [0.4, 0.5) is 0 Å². The lowest BCUT2D eigenvalue weighted by Crippen LogP contribution is -2.35. The lowest BCUT2D eigenvalue weighted by molar-refractivity contribution is 0.355. The minimum Gasteiger partial charge on any atom is -0.314 e. The smallest absolute Gasteiger partial charge is 0.214 e. The molecule has 1 N–H and O–H groups in total. The topological polar surface area (TPSA) is 52.7 Å². The van der Waals surface area contributed by atoms with Gasteiger partial charge in [0.1, 0.15) is 0 Å². The van der Waals surface area contributed by atoms with Crippen LogP contribution in [0.1, 0.15) is 39.0 Å². The van der Waals surface area contributed by atoms with E-state index < -0.39 is 10.0 Å². The van der Waals surface area contributed by atoms with E-state index in [1.165, 1.54) is 12.8 Å². The molecule has 0 bridgehead atoms. The van der Waals surface area contributed by atoms with Gasteiger partial charge in [0.05, 0.1) is 5.75 Å². The van der Waals surface area contributed by atoms with Gasteiger partial charge in [0.15, 0.2) is 0 Å². The van der Waals surface area contributed by atoms with E-state index in [2.05, 4.69) is 10.2 Å². The number of hydrogen-bond donors (Lipinski definition) is 1. The fourth-order valence-corrected chi connectivity index (χ4v) is 3.82. The third-order valence-corrected chi connectivity index (χ3v) is 5.63. The molecule has 0 aromatic heterocycles. The summed E-state index contributed by atoms with van der Waals surface area (Å²) < 4.78 is 26.1. The fourth-order valence-electron chi connectivity index (χ4n) is 2.19. The third kappa shape index (κ3) is 7.57. The molecule has 0 aliphatic heterocycles. The molecule has 0 atom stereocenters. The van der Waals surface area contributed by atoms with Gasteiger partial charge >= 0.3 is 0 Å². The van der Waals surface area contributed by atoms with E-state index in [0.717, 1.165) is 32.4 Å². The van der Waals surface area contributed by atoms with Gasteiger partial charge in [-0.1, -0.05) is 6.92 Å². The Morgan fingerprint density at radius 1 is 1.10 bits per heavy atom. The molecular weight excluding hydrogens is 274 g/mol. The average Bonchev–Trinajstić information content (AvgIpc) is 3.17. The highest BCUT2D eigenvalue weighted by atomic mass is 32.2. The van der Waals surface area contributed by atoms with Crippen LogP contribution in [0.3, 0.4) is 0 Å². The molecule has 6 heteroatoms. The Morgan fingerprint density at radius 3 is 2.35 bits per heavy atom. The van der Waals surface area contributed by atoms with Gasteiger partial charge in [0, 0.05) is 19.1 Å². The van der Waals surface area contributed by atoms with E-state index >= 15 is 0 Å². The first-order valence-corrected chi connectivity index (χ1v) is 9.42. The van der Waals surface area contributed by atoms with Crippen LogP contribution < -0.4 is 5.32 Å². The predicted molar refractivity (Wildman–Crippen MR) is 84.5 cm³/mol. The third-order valence-electron chi connectivity index (χ3n) is 3.60. The molecule has 1 fully saturated rings. The summed E-state index contributed by atoms with van der Waals surface area (Å²) in [5, 5.41) is 3.42. The average molecular weight is 305 g/mol. The van der Waals surface area contributed by atoms with Gasteiger partial charge < -0.3 is 10.2 Å². The van der Waals surface area contributed by atoms with E-state index in [9.17, 15) is 8.42 Å². The number of nitrogens with one attached hydrogen (secondary N) is 1. The van der Waals surface area contributed by atoms with E-state index in [1.54, 1.807) is 4.31 Å². The van der Waals surface area contributed by atoms with Crippen molar-refractivity contribution < 1.29 is 8.42 Å². The van der Waals surface area contributed by atoms with Crippen molar-refractivity contribution in [3.63, 3.8) is 0 Å². The Hall–Kier alpha value is -0.170. The Kier molecular flexibility index (Phi) is 8.02. The molecule has 1 saturated carbocycles. The van der Waals surface area contributed by atoms with Gasteiger partial charge in [-0.25, -0.2) is 12.7 Å². The molecule has 0 saturated heterocycles. The molecule has 20 heavy (non-hydrogen) atoms. The molecule has 1 aliphatic rings. The Balaban J connectivity index is 2.19. The van der Waals surface area contributed by atoms with Crippen molar-refractivity contribution in [1.82, 2.24) is 14.5 Å². The normalized spacial score (nSPS) is 16.2. The van der Waals surface area contributed by atoms with Crippen LogP contribution in [0.5, 0.6) is 0 Å². The van der Waals surface area contributed by atoms with Crippen molar-refractivity contribution in [3.8, 4) is 0 Å². The molecule has 0 heterocycles. The minimum absolute atomic E-state index is 0.287. The van der Waals surface area contributed by atoms with Crippen molar-refractivity contribution in [2.75, 3.05) is 46.0 Å². The van der Waals surface area contributed by atoms with Crippen LogP contribution in [-0.4, -0.2) is 69.7 Å². The second-order valence-electron chi connectivity index (χ2n) is 5.90. The summed E-state index contributed by atoms with van der Waals surface area (Å²) in [4.78, 5) is 2.09. The quantitative estimate of drug-likeness (QED) is 0.549. The summed E-state index contributed by atoms with van der Waals surface area (Å²) in [6.07, 6.45) is 5.17. The molecular formula is C14H31N3O2S. The SMILES string of the molecule is CCN(CCCN(C)C)S(=O)(=O)CCCCNC1CC1. The minimum atomic E-state index is -3.07. The highest BCUT2D eigenvalue weighted by Crippen LogP contribution is 2.18. The number of nitrogens with zero attached hydrogens (tertiary/aromatic N) is 2. The lowest BCUT2D eigenvalue weighted by Gasteiger charge is -2.21. The first-order valence-electron chi connectivity index (χ1n) is 7.81. The Morgan fingerprint density at radius 2 is 1.80 bits per heavy atom. The summed E-state index contributed by atoms with van der Waals surface area (Å²) in [7, 11) is 0.955. The van der Waals surface area contributed by atoms with Crippen molar-refractivity contribution in [2.24, 2.45) is 0 Å². The van der Waals surface area contributed by atoms with Gasteiger partial charge in [-0.15, -0.1) is 0 Å². The van der Waals surface area contributed by atoms with E-state index in [0.29, 0.717) is 19.1 Å².